The fraction of sp³-hybridized carbons (Fsp3) is 0.286. The van der Waals surface area contributed by atoms with Crippen molar-refractivity contribution >= 4 is 5.97 Å². The van der Waals surface area contributed by atoms with Crippen LogP contribution in [0.1, 0.15) is 17.4 Å². The van der Waals surface area contributed by atoms with Crippen molar-refractivity contribution in [1.82, 2.24) is 14.9 Å². The molecular weight excluding hydrogens is 299 g/mol. The SMILES string of the molecule is O=C(OC1NCCc2ccc(-n3ccnc3)cc21)C(F)(F)F. The Balaban J connectivity index is 1.91. The Hall–Kier alpha value is -2.35. The summed E-state index contributed by atoms with van der Waals surface area (Å²) in [4.78, 5) is 15.0. The van der Waals surface area contributed by atoms with Crippen LogP contribution < -0.4 is 5.32 Å². The highest BCUT2D eigenvalue weighted by molar-refractivity contribution is 5.76. The van der Waals surface area contributed by atoms with Crippen molar-refractivity contribution in [2.45, 2.75) is 18.8 Å². The number of carbonyl (C=O) groups is 1. The maximum absolute atomic E-state index is 12.4. The van der Waals surface area contributed by atoms with Gasteiger partial charge in [0.1, 0.15) is 0 Å². The van der Waals surface area contributed by atoms with Gasteiger partial charge in [0.05, 0.1) is 6.33 Å². The highest BCUT2D eigenvalue weighted by Gasteiger charge is 2.43. The molecule has 8 heteroatoms. The average Bonchev–Trinajstić information content (AvgIpc) is 3.00. The molecule has 0 spiro atoms. The number of nitrogens with one attached hydrogen (secondary N) is 1. The second kappa shape index (κ2) is 5.45. The van der Waals surface area contributed by atoms with Crippen LogP contribution in [0, 0.1) is 0 Å². The summed E-state index contributed by atoms with van der Waals surface area (Å²) in [5.41, 5.74) is 2.10. The molecule has 0 fully saturated rings. The molecule has 1 N–H and O–H groups in total. The Morgan fingerprint density at radius 2 is 2.23 bits per heavy atom. The Labute approximate surface area is 123 Å². The lowest BCUT2D eigenvalue weighted by molar-refractivity contribution is -0.207. The third kappa shape index (κ3) is 2.82. The maximum Gasteiger partial charge on any atom is 0.490 e. The molecule has 5 nitrogen and oxygen atoms in total. The molecule has 3 rings (SSSR count). The maximum atomic E-state index is 12.4. The number of nitrogens with zero attached hydrogens (tertiary/aromatic N) is 2. The Morgan fingerprint density at radius 3 is 2.91 bits per heavy atom. The van der Waals surface area contributed by atoms with E-state index in [0.29, 0.717) is 18.5 Å². The number of hydrogen-bond donors (Lipinski definition) is 1. The summed E-state index contributed by atoms with van der Waals surface area (Å²) in [6.45, 7) is 0.438. The number of hydrogen-bond acceptors (Lipinski definition) is 4. The van der Waals surface area contributed by atoms with Crippen LogP contribution in [0.2, 0.25) is 0 Å². The summed E-state index contributed by atoms with van der Waals surface area (Å²) in [5.74, 6) is -2.20. The standard InChI is InChI=1S/C14H12F3N3O2/c15-14(16,17)13(21)22-12-11-7-10(20-6-5-18-8-20)2-1-9(11)3-4-19-12/h1-2,5-8,12,19H,3-4H2. The van der Waals surface area contributed by atoms with Crippen molar-refractivity contribution in [3.05, 3.63) is 48.0 Å². The predicted molar refractivity (Wildman–Crippen MR) is 70.2 cm³/mol. The third-order valence-corrected chi connectivity index (χ3v) is 3.39. The van der Waals surface area contributed by atoms with E-state index in [2.05, 4.69) is 15.0 Å². The molecule has 2 aromatic rings. The first-order chi connectivity index (χ1) is 10.4. The van der Waals surface area contributed by atoms with Crippen molar-refractivity contribution in [2.24, 2.45) is 0 Å². The first kappa shape index (κ1) is 14.6. The number of ether oxygens (including phenoxy) is 1. The van der Waals surface area contributed by atoms with Gasteiger partial charge in [-0.05, 0) is 24.1 Å². The van der Waals surface area contributed by atoms with E-state index in [4.69, 9.17) is 0 Å². The van der Waals surface area contributed by atoms with Gasteiger partial charge in [0.25, 0.3) is 0 Å². The molecular formula is C14H12F3N3O2. The molecule has 0 saturated carbocycles. The number of esters is 1. The molecule has 0 radical (unpaired) electrons. The number of halogens is 3. The largest absolute Gasteiger partial charge is 0.490 e. The topological polar surface area (TPSA) is 56.1 Å². The van der Waals surface area contributed by atoms with Crippen LogP contribution in [0.4, 0.5) is 13.2 Å². The number of aromatic nitrogens is 2. The molecule has 1 aliphatic heterocycles. The number of carbonyl (C=O) groups excluding carboxylic acids is 1. The van der Waals surface area contributed by atoms with Gasteiger partial charge in [-0.1, -0.05) is 6.07 Å². The zero-order valence-electron chi connectivity index (χ0n) is 11.3. The first-order valence-corrected chi connectivity index (χ1v) is 6.57. The van der Waals surface area contributed by atoms with E-state index in [-0.39, 0.29) is 0 Å². The highest BCUT2D eigenvalue weighted by Crippen LogP contribution is 2.29. The third-order valence-electron chi connectivity index (χ3n) is 3.39. The average molecular weight is 311 g/mol. The molecule has 1 atom stereocenters. The minimum Gasteiger partial charge on any atom is -0.436 e. The van der Waals surface area contributed by atoms with Gasteiger partial charge < -0.3 is 9.30 Å². The minimum atomic E-state index is -5.01. The van der Waals surface area contributed by atoms with Crippen molar-refractivity contribution in [1.29, 1.82) is 0 Å². The highest BCUT2D eigenvalue weighted by atomic mass is 19.4. The Kier molecular flexibility index (Phi) is 3.61. The van der Waals surface area contributed by atoms with Crippen LogP contribution in [0.15, 0.2) is 36.9 Å². The molecule has 0 bridgehead atoms. The molecule has 0 aliphatic carbocycles. The van der Waals surface area contributed by atoms with Crippen LogP contribution in [0.25, 0.3) is 5.69 Å². The second-order valence-electron chi connectivity index (χ2n) is 4.84. The summed E-state index contributed by atoms with van der Waals surface area (Å²) in [6.07, 6.45) is -0.579. The van der Waals surface area contributed by atoms with E-state index in [9.17, 15) is 18.0 Å². The van der Waals surface area contributed by atoms with Crippen LogP contribution in [-0.2, 0) is 16.0 Å². The van der Waals surface area contributed by atoms with E-state index in [1.54, 1.807) is 29.4 Å². The van der Waals surface area contributed by atoms with Gasteiger partial charge in [-0.25, -0.2) is 9.78 Å². The van der Waals surface area contributed by atoms with E-state index in [0.717, 1.165) is 11.3 Å². The monoisotopic (exact) mass is 311 g/mol. The lowest BCUT2D eigenvalue weighted by atomic mass is 9.99. The fourth-order valence-electron chi connectivity index (χ4n) is 2.35. The normalized spacial score (nSPS) is 17.9. The molecule has 0 amide bonds. The molecule has 1 unspecified atom stereocenters. The van der Waals surface area contributed by atoms with E-state index in [1.165, 1.54) is 0 Å². The number of fused-ring (bicyclic) bond motifs is 1. The molecule has 1 aromatic carbocycles. The molecule has 1 aromatic heterocycles. The van der Waals surface area contributed by atoms with Gasteiger partial charge in [0, 0.05) is 30.2 Å². The molecule has 1 aliphatic rings. The molecule has 22 heavy (non-hydrogen) atoms. The zero-order chi connectivity index (χ0) is 15.7. The summed E-state index contributed by atoms with van der Waals surface area (Å²) in [7, 11) is 0. The van der Waals surface area contributed by atoms with Gasteiger partial charge in [-0.2, -0.15) is 13.2 Å². The lowest BCUT2D eigenvalue weighted by Gasteiger charge is -2.27. The van der Waals surface area contributed by atoms with Crippen LogP contribution in [0.5, 0.6) is 0 Å². The Bertz CT molecular complexity index is 683. The van der Waals surface area contributed by atoms with E-state index < -0.39 is 18.4 Å². The van der Waals surface area contributed by atoms with Crippen molar-refractivity contribution in [2.75, 3.05) is 6.54 Å². The molecule has 2 heterocycles. The summed E-state index contributed by atoms with van der Waals surface area (Å²) in [5, 5.41) is 2.78. The lowest BCUT2D eigenvalue weighted by Crippen LogP contribution is -2.37. The number of benzene rings is 1. The van der Waals surface area contributed by atoms with Crippen molar-refractivity contribution in [3.63, 3.8) is 0 Å². The molecule has 0 saturated heterocycles. The Morgan fingerprint density at radius 1 is 1.41 bits per heavy atom. The van der Waals surface area contributed by atoms with Crippen LogP contribution in [0.3, 0.4) is 0 Å². The predicted octanol–water partition coefficient (Wildman–Crippen LogP) is 2.12. The van der Waals surface area contributed by atoms with E-state index >= 15 is 0 Å². The van der Waals surface area contributed by atoms with Gasteiger partial charge in [0.2, 0.25) is 0 Å². The zero-order valence-corrected chi connectivity index (χ0v) is 11.3. The summed E-state index contributed by atoms with van der Waals surface area (Å²) >= 11 is 0. The number of rotatable bonds is 2. The fourth-order valence-corrected chi connectivity index (χ4v) is 2.35. The number of imidazole rings is 1. The van der Waals surface area contributed by atoms with Gasteiger partial charge in [-0.15, -0.1) is 0 Å². The van der Waals surface area contributed by atoms with Crippen LogP contribution in [-0.4, -0.2) is 28.2 Å². The first-order valence-electron chi connectivity index (χ1n) is 6.57. The van der Waals surface area contributed by atoms with Crippen molar-refractivity contribution in [3.8, 4) is 5.69 Å². The van der Waals surface area contributed by atoms with Gasteiger partial charge in [0.15, 0.2) is 6.23 Å². The van der Waals surface area contributed by atoms with Crippen molar-refractivity contribution < 1.29 is 22.7 Å². The van der Waals surface area contributed by atoms with Gasteiger partial charge in [-0.3, -0.25) is 5.32 Å². The van der Waals surface area contributed by atoms with Crippen LogP contribution >= 0.6 is 0 Å². The number of alkyl halides is 3. The minimum absolute atomic E-state index is 0.438. The molecule has 116 valence electrons. The summed E-state index contributed by atoms with van der Waals surface area (Å²) < 4.78 is 43.4. The van der Waals surface area contributed by atoms with Gasteiger partial charge >= 0.3 is 12.1 Å². The summed E-state index contributed by atoms with van der Waals surface area (Å²) in [6, 6.07) is 5.35. The second-order valence-corrected chi connectivity index (χ2v) is 4.84. The quantitative estimate of drug-likeness (QED) is 0.863. The van der Waals surface area contributed by atoms with E-state index in [1.807, 2.05) is 12.1 Å². The smallest absolute Gasteiger partial charge is 0.436 e.